The molecule has 7 unspecified atom stereocenters. The zero-order valence-corrected chi connectivity index (χ0v) is 50.2. The van der Waals surface area contributed by atoms with Crippen LogP contribution >= 0.6 is 0 Å². The van der Waals surface area contributed by atoms with Crippen LogP contribution in [0, 0.1) is 46.8 Å². The highest BCUT2D eigenvalue weighted by atomic mass is 19.2. The van der Waals surface area contributed by atoms with Gasteiger partial charge in [-0.1, -0.05) is 71.4 Å². The number of benzene rings is 2. The number of nitrogens with one attached hydrogen (secondary N) is 4. The van der Waals surface area contributed by atoms with Gasteiger partial charge in [0.05, 0.1) is 95.9 Å². The molecule has 0 spiro atoms. The van der Waals surface area contributed by atoms with Gasteiger partial charge in [0.1, 0.15) is 17.6 Å². The monoisotopic (exact) mass is 1220 g/mol. The molecule has 5 N–H and O–H groups in total. The summed E-state index contributed by atoms with van der Waals surface area (Å²) >= 11 is 0. The highest BCUT2D eigenvalue weighted by molar-refractivity contribution is 5.94. The standard InChI is InChI=1S/C58H85F5N6O16/c1-11-35(4)51(40(79-9)33-43(72)69-23-15-18-39(69)52(80-10)36(5)54(74)65-38(56(76)77)32-37-16-13-12-14-17-37)68(8)55(75)50(34(2)3)66-57(78)58(6,7)67-42(71)20-25-82-30-31-84-27-22-64-41(70)19-24-81-28-29-83-26-21-44(73)85-53-48(62)46(60)45(59)47(61)49(53)63/h12-14,16-17,34-36,38-40,50-52H,11,15,18-33H2,1-10H3,(H,64,70)(H,65,74)(H,66,78)(H,67,71)(H,76,77)/t35?,36?,38?,39-,40?,50?,51?,52?/m0/s1. The normalized spacial score (nSPS) is 15.9. The number of methoxy groups -OCH3 is 2. The second kappa shape index (κ2) is 36.6. The van der Waals surface area contributed by atoms with E-state index in [9.17, 15) is 65.4 Å². The largest absolute Gasteiger partial charge is 0.480 e. The van der Waals surface area contributed by atoms with Gasteiger partial charge in [-0.05, 0) is 44.1 Å². The number of likely N-dealkylation sites (N-methyl/N-ethyl adjacent to an activating group) is 1. The molecule has 6 amide bonds. The number of hydrogen-bond donors (Lipinski definition) is 5. The fraction of sp³-hybridized carbons (Fsp3) is 0.655. The van der Waals surface area contributed by atoms with Crippen molar-refractivity contribution in [1.82, 2.24) is 31.1 Å². The molecule has 478 valence electrons. The van der Waals surface area contributed by atoms with E-state index < -0.39 is 131 Å². The molecule has 2 aromatic carbocycles. The Morgan fingerprint density at radius 1 is 0.741 bits per heavy atom. The van der Waals surface area contributed by atoms with Gasteiger partial charge < -0.3 is 69.3 Å². The maximum absolute atomic E-state index is 14.5. The van der Waals surface area contributed by atoms with Crippen molar-refractivity contribution in [2.24, 2.45) is 17.8 Å². The number of rotatable bonds is 39. The van der Waals surface area contributed by atoms with E-state index in [1.54, 1.807) is 57.0 Å². The fourth-order valence-corrected chi connectivity index (χ4v) is 9.50. The second-order valence-electron chi connectivity index (χ2n) is 21.5. The topological polar surface area (TPSA) is 276 Å². The predicted molar refractivity (Wildman–Crippen MR) is 297 cm³/mol. The summed E-state index contributed by atoms with van der Waals surface area (Å²) in [4.78, 5) is 109. The highest BCUT2D eigenvalue weighted by Crippen LogP contribution is 2.31. The van der Waals surface area contributed by atoms with Crippen molar-refractivity contribution in [3.8, 4) is 5.75 Å². The third-order valence-corrected chi connectivity index (χ3v) is 14.5. The SMILES string of the molecule is CCC(C)C(C(CC(=O)N1CCC[C@H]1C(OC)C(C)C(=O)NC(Cc1ccccc1)C(=O)O)OC)N(C)C(=O)C(NC(=O)C(C)(C)NC(=O)CCOCCOCCNC(=O)CCOCCOCCC(=O)Oc1c(F)c(F)c(F)c(F)c1F)C(C)C. The van der Waals surface area contributed by atoms with Crippen molar-refractivity contribution in [2.75, 3.05) is 87.2 Å². The number of nitrogens with zero attached hydrogens (tertiary/aromatic N) is 2. The Balaban J connectivity index is 1.39. The summed E-state index contributed by atoms with van der Waals surface area (Å²) in [7, 11) is 4.52. The number of hydrogen-bond acceptors (Lipinski definition) is 15. The van der Waals surface area contributed by atoms with E-state index in [0.29, 0.717) is 25.8 Å². The molecule has 1 fully saturated rings. The van der Waals surface area contributed by atoms with Crippen LogP contribution in [-0.2, 0) is 73.2 Å². The molecule has 1 heterocycles. The van der Waals surface area contributed by atoms with Crippen molar-refractivity contribution in [1.29, 1.82) is 0 Å². The van der Waals surface area contributed by atoms with Crippen LogP contribution in [-0.4, -0.2) is 191 Å². The van der Waals surface area contributed by atoms with Crippen molar-refractivity contribution in [3.05, 3.63) is 65.0 Å². The molecule has 0 aromatic heterocycles. The third-order valence-electron chi connectivity index (χ3n) is 14.5. The van der Waals surface area contributed by atoms with E-state index in [2.05, 4.69) is 26.0 Å². The van der Waals surface area contributed by atoms with Crippen molar-refractivity contribution >= 4 is 47.4 Å². The Labute approximate surface area is 493 Å². The van der Waals surface area contributed by atoms with E-state index in [0.717, 1.165) is 5.56 Å². The first kappa shape index (κ1) is 72.9. The van der Waals surface area contributed by atoms with Crippen molar-refractivity contribution in [2.45, 2.75) is 142 Å². The molecular formula is C58H85F5N6O16. The molecule has 0 bridgehead atoms. The molecule has 8 atom stereocenters. The van der Waals surface area contributed by atoms with E-state index in [-0.39, 0.29) is 103 Å². The zero-order valence-electron chi connectivity index (χ0n) is 50.2. The molecule has 0 saturated carbocycles. The molecular weight excluding hydrogens is 1130 g/mol. The van der Waals surface area contributed by atoms with E-state index in [1.807, 2.05) is 19.9 Å². The minimum absolute atomic E-state index is 0.00390. The van der Waals surface area contributed by atoms with Crippen LogP contribution in [0.4, 0.5) is 22.0 Å². The van der Waals surface area contributed by atoms with E-state index in [1.165, 1.54) is 33.0 Å². The van der Waals surface area contributed by atoms with Gasteiger partial charge in [-0.3, -0.25) is 33.6 Å². The average molecular weight is 1220 g/mol. The Hall–Kier alpha value is -6.39. The Bertz CT molecular complexity index is 2490. The molecule has 22 nitrogen and oxygen atoms in total. The summed E-state index contributed by atoms with van der Waals surface area (Å²) in [6, 6.07) is 5.57. The number of carboxylic acids is 1. The van der Waals surface area contributed by atoms with Gasteiger partial charge in [0, 0.05) is 53.6 Å². The molecule has 0 aliphatic carbocycles. The molecule has 1 aliphatic heterocycles. The average Bonchev–Trinajstić information content (AvgIpc) is 3.02. The first-order valence-corrected chi connectivity index (χ1v) is 28.3. The number of carbonyl (C=O) groups excluding carboxylic acids is 7. The number of amides is 6. The van der Waals surface area contributed by atoms with Gasteiger partial charge in [-0.25, -0.2) is 18.0 Å². The van der Waals surface area contributed by atoms with Crippen LogP contribution in [0.5, 0.6) is 5.75 Å². The van der Waals surface area contributed by atoms with Crippen LogP contribution < -0.4 is 26.0 Å². The van der Waals surface area contributed by atoms with Gasteiger partial charge in [0.15, 0.2) is 0 Å². The number of carbonyl (C=O) groups is 8. The Morgan fingerprint density at radius 3 is 1.84 bits per heavy atom. The smallest absolute Gasteiger partial charge is 0.326 e. The Morgan fingerprint density at radius 2 is 1.29 bits per heavy atom. The first-order chi connectivity index (χ1) is 40.2. The minimum Gasteiger partial charge on any atom is -0.480 e. The quantitative estimate of drug-likeness (QED) is 0.0155. The summed E-state index contributed by atoms with van der Waals surface area (Å²) in [6.07, 6.45) is -0.505. The fourth-order valence-electron chi connectivity index (χ4n) is 9.50. The Kier molecular flexibility index (Phi) is 31.3. The van der Waals surface area contributed by atoms with Gasteiger partial charge in [-0.15, -0.1) is 0 Å². The van der Waals surface area contributed by atoms with Gasteiger partial charge in [-0.2, -0.15) is 8.78 Å². The van der Waals surface area contributed by atoms with E-state index in [4.69, 9.17) is 28.4 Å². The summed E-state index contributed by atoms with van der Waals surface area (Å²) < 4.78 is 105. The first-order valence-electron chi connectivity index (χ1n) is 28.3. The maximum atomic E-state index is 14.5. The van der Waals surface area contributed by atoms with Gasteiger partial charge >= 0.3 is 11.9 Å². The van der Waals surface area contributed by atoms with Crippen LogP contribution in [0.3, 0.4) is 0 Å². The number of halogens is 5. The van der Waals surface area contributed by atoms with Crippen LogP contribution in [0.1, 0.15) is 99.0 Å². The molecule has 0 radical (unpaired) electrons. The summed E-state index contributed by atoms with van der Waals surface area (Å²) in [6.45, 7) is 12.7. The molecule has 3 rings (SSSR count). The van der Waals surface area contributed by atoms with Gasteiger partial charge in [0.25, 0.3) is 0 Å². The zero-order chi connectivity index (χ0) is 63.6. The van der Waals surface area contributed by atoms with Gasteiger partial charge in [0.2, 0.25) is 70.3 Å². The van der Waals surface area contributed by atoms with Crippen LogP contribution in [0.15, 0.2) is 30.3 Å². The summed E-state index contributed by atoms with van der Waals surface area (Å²) in [5.74, 6) is -19.8. The summed E-state index contributed by atoms with van der Waals surface area (Å²) in [5, 5.41) is 20.8. The third kappa shape index (κ3) is 22.8. The lowest BCUT2D eigenvalue weighted by Gasteiger charge is -2.41. The lowest BCUT2D eigenvalue weighted by atomic mass is 9.89. The van der Waals surface area contributed by atoms with Crippen LogP contribution in [0.2, 0.25) is 0 Å². The van der Waals surface area contributed by atoms with Crippen LogP contribution in [0.25, 0.3) is 0 Å². The molecule has 1 aliphatic rings. The molecule has 1 saturated heterocycles. The second-order valence-corrected chi connectivity index (χ2v) is 21.5. The molecule has 85 heavy (non-hydrogen) atoms. The number of aliphatic carboxylic acids is 1. The lowest BCUT2D eigenvalue weighted by Crippen LogP contribution is -2.62. The van der Waals surface area contributed by atoms with Crippen molar-refractivity contribution < 1.29 is 98.6 Å². The lowest BCUT2D eigenvalue weighted by molar-refractivity contribution is -0.148. The minimum atomic E-state index is -2.39. The molecule has 2 aromatic rings. The highest BCUT2D eigenvalue weighted by Gasteiger charge is 2.44. The number of esters is 1. The predicted octanol–water partition coefficient (Wildman–Crippen LogP) is 4.41. The summed E-state index contributed by atoms with van der Waals surface area (Å²) in [5.41, 5.74) is -0.719. The number of carboxylic acid groups (broad SMARTS) is 1. The van der Waals surface area contributed by atoms with Crippen molar-refractivity contribution in [3.63, 3.8) is 0 Å². The number of ether oxygens (including phenoxy) is 7. The van der Waals surface area contributed by atoms with E-state index >= 15 is 0 Å². The molecule has 27 heteroatoms. The maximum Gasteiger partial charge on any atom is 0.326 e. The number of likely N-dealkylation sites (tertiary alicyclic amines) is 1.